The van der Waals surface area contributed by atoms with E-state index in [1.807, 2.05) is 33.0 Å². The summed E-state index contributed by atoms with van der Waals surface area (Å²) < 4.78 is 7.17. The van der Waals surface area contributed by atoms with Crippen molar-refractivity contribution in [3.63, 3.8) is 0 Å². The van der Waals surface area contributed by atoms with Gasteiger partial charge in [0.05, 0.1) is 18.8 Å². The van der Waals surface area contributed by atoms with Crippen LogP contribution >= 0.6 is 22.9 Å². The van der Waals surface area contributed by atoms with Gasteiger partial charge in [-0.3, -0.25) is 9.20 Å². The monoisotopic (exact) mass is 415 g/mol. The number of halogens is 1. The molecule has 0 spiro atoms. The summed E-state index contributed by atoms with van der Waals surface area (Å²) >= 11 is 7.76. The van der Waals surface area contributed by atoms with Gasteiger partial charge >= 0.3 is 0 Å². The van der Waals surface area contributed by atoms with Gasteiger partial charge in [-0.15, -0.1) is 11.3 Å². The molecule has 0 saturated carbocycles. The molecule has 1 saturated heterocycles. The van der Waals surface area contributed by atoms with E-state index in [-0.39, 0.29) is 11.9 Å². The molecule has 1 aliphatic heterocycles. The quantitative estimate of drug-likeness (QED) is 0.549. The van der Waals surface area contributed by atoms with Gasteiger partial charge in [0, 0.05) is 24.2 Å². The van der Waals surface area contributed by atoms with Crippen LogP contribution in [0.2, 0.25) is 5.15 Å². The maximum atomic E-state index is 13.1. The van der Waals surface area contributed by atoms with E-state index in [1.165, 1.54) is 11.3 Å². The van der Waals surface area contributed by atoms with Crippen LogP contribution in [0.4, 0.5) is 0 Å². The van der Waals surface area contributed by atoms with E-state index >= 15 is 0 Å². The van der Waals surface area contributed by atoms with Crippen LogP contribution in [0.1, 0.15) is 43.0 Å². The number of likely N-dealkylation sites (tertiary alicyclic amines) is 1. The number of imidazole rings is 1. The lowest BCUT2D eigenvalue weighted by Gasteiger charge is -2.29. The lowest BCUT2D eigenvalue weighted by atomic mass is 10.0. The molecular formula is C21H22ClN3O2S. The fourth-order valence-electron chi connectivity index (χ4n) is 3.72. The van der Waals surface area contributed by atoms with E-state index in [2.05, 4.69) is 17.1 Å². The Kier molecular flexibility index (Phi) is 5.69. The largest absolute Gasteiger partial charge is 0.497 e. The summed E-state index contributed by atoms with van der Waals surface area (Å²) in [5.41, 5.74) is 1.88. The molecule has 1 amide bonds. The standard InChI is InChI=1S/C21H22ClN3O2S/c1-27-16-8-6-15(7-9-16)17-5-3-2-4-12-24(17)19(26)11-10-18-20(22)23-21-25(18)13-14-28-21/h6-11,13-14,17H,2-5,12H2,1H3/b11-10-/t17-/m1/s1. The fraction of sp³-hybridized carbons (Fsp3) is 0.333. The fourth-order valence-corrected chi connectivity index (χ4v) is 4.72. The number of nitrogens with zero attached hydrogens (tertiary/aromatic N) is 3. The van der Waals surface area contributed by atoms with Crippen LogP contribution in [0.25, 0.3) is 11.0 Å². The predicted octanol–water partition coefficient (Wildman–Crippen LogP) is 5.21. The van der Waals surface area contributed by atoms with Crippen LogP contribution in [-0.2, 0) is 4.79 Å². The van der Waals surface area contributed by atoms with Crippen LogP contribution < -0.4 is 4.74 Å². The maximum absolute atomic E-state index is 13.1. The molecule has 0 N–H and O–H groups in total. The molecule has 146 valence electrons. The Bertz CT molecular complexity index is 993. The summed E-state index contributed by atoms with van der Waals surface area (Å²) in [6.45, 7) is 0.758. The summed E-state index contributed by atoms with van der Waals surface area (Å²) in [5, 5.41) is 2.37. The number of aromatic nitrogens is 2. The number of benzene rings is 1. The number of rotatable bonds is 4. The molecule has 1 atom stereocenters. The third-order valence-electron chi connectivity index (χ3n) is 5.17. The molecule has 0 unspecified atom stereocenters. The minimum absolute atomic E-state index is 0.00367. The molecular weight excluding hydrogens is 394 g/mol. The maximum Gasteiger partial charge on any atom is 0.247 e. The van der Waals surface area contributed by atoms with Gasteiger partial charge in [0.1, 0.15) is 5.75 Å². The van der Waals surface area contributed by atoms with Crippen molar-refractivity contribution in [2.45, 2.75) is 31.7 Å². The average Bonchev–Trinajstić information content (AvgIpc) is 3.17. The number of thiazole rings is 1. The summed E-state index contributed by atoms with van der Waals surface area (Å²) in [5.74, 6) is 0.828. The Morgan fingerprint density at radius 3 is 2.89 bits per heavy atom. The Hall–Kier alpha value is -2.31. The highest BCUT2D eigenvalue weighted by molar-refractivity contribution is 7.15. The van der Waals surface area contributed by atoms with Crippen molar-refractivity contribution in [2.24, 2.45) is 0 Å². The van der Waals surface area contributed by atoms with Gasteiger partial charge < -0.3 is 9.64 Å². The van der Waals surface area contributed by atoms with Crippen molar-refractivity contribution in [3.8, 4) is 5.75 Å². The molecule has 7 heteroatoms. The summed E-state index contributed by atoms with van der Waals surface area (Å²) in [4.78, 5) is 20.2. The second-order valence-electron chi connectivity index (χ2n) is 6.85. The zero-order chi connectivity index (χ0) is 19.5. The first-order chi connectivity index (χ1) is 13.7. The van der Waals surface area contributed by atoms with Gasteiger partial charge in [-0.1, -0.05) is 36.6 Å². The van der Waals surface area contributed by atoms with Gasteiger partial charge in [0.2, 0.25) is 5.91 Å². The molecule has 5 nitrogen and oxygen atoms in total. The minimum atomic E-state index is 0.00367. The van der Waals surface area contributed by atoms with Gasteiger partial charge in [0.25, 0.3) is 0 Å². The highest BCUT2D eigenvalue weighted by Crippen LogP contribution is 2.31. The van der Waals surface area contributed by atoms with Crippen LogP contribution in [0.15, 0.2) is 41.9 Å². The Morgan fingerprint density at radius 1 is 1.29 bits per heavy atom. The molecule has 0 radical (unpaired) electrons. The van der Waals surface area contributed by atoms with Gasteiger partial charge in [-0.25, -0.2) is 4.98 Å². The first-order valence-corrected chi connectivity index (χ1v) is 10.7. The van der Waals surface area contributed by atoms with Crippen molar-refractivity contribution < 1.29 is 9.53 Å². The Morgan fingerprint density at radius 2 is 2.11 bits per heavy atom. The molecule has 28 heavy (non-hydrogen) atoms. The van der Waals surface area contributed by atoms with E-state index in [0.29, 0.717) is 5.15 Å². The van der Waals surface area contributed by atoms with E-state index in [9.17, 15) is 4.79 Å². The minimum Gasteiger partial charge on any atom is -0.497 e. The van der Waals surface area contributed by atoms with E-state index in [4.69, 9.17) is 16.3 Å². The first kappa shape index (κ1) is 19.0. The van der Waals surface area contributed by atoms with Crippen LogP contribution in [-0.4, -0.2) is 33.8 Å². The lowest BCUT2D eigenvalue weighted by molar-refractivity contribution is -0.128. The van der Waals surface area contributed by atoms with Crippen LogP contribution in [0.5, 0.6) is 5.75 Å². The summed E-state index contributed by atoms with van der Waals surface area (Å²) in [7, 11) is 1.66. The topological polar surface area (TPSA) is 46.8 Å². The van der Waals surface area contributed by atoms with Crippen molar-refractivity contribution >= 4 is 39.9 Å². The number of carbonyl (C=O) groups excluding carboxylic acids is 1. The van der Waals surface area contributed by atoms with Gasteiger partial charge in [-0.05, 0) is 36.6 Å². The molecule has 1 aromatic carbocycles. The number of carbonyl (C=O) groups is 1. The predicted molar refractivity (Wildman–Crippen MR) is 113 cm³/mol. The number of hydrogen-bond donors (Lipinski definition) is 0. The second-order valence-corrected chi connectivity index (χ2v) is 8.08. The molecule has 2 aromatic heterocycles. The smallest absolute Gasteiger partial charge is 0.247 e. The third-order valence-corrected chi connectivity index (χ3v) is 6.21. The number of hydrogen-bond acceptors (Lipinski definition) is 4. The lowest BCUT2D eigenvalue weighted by Crippen LogP contribution is -2.33. The molecule has 0 bridgehead atoms. The average molecular weight is 416 g/mol. The second kappa shape index (κ2) is 8.37. The first-order valence-electron chi connectivity index (χ1n) is 9.41. The SMILES string of the molecule is COc1ccc([C@H]2CCCCCN2C(=O)/C=C\c2c(Cl)nc3sccn23)cc1. The molecule has 1 aliphatic rings. The van der Waals surface area contributed by atoms with Crippen molar-refractivity contribution in [1.29, 1.82) is 0 Å². The summed E-state index contributed by atoms with van der Waals surface area (Å²) in [6, 6.07) is 8.10. The Labute approximate surface area is 173 Å². The zero-order valence-electron chi connectivity index (χ0n) is 15.7. The van der Waals surface area contributed by atoms with Crippen molar-refractivity contribution in [1.82, 2.24) is 14.3 Å². The highest BCUT2D eigenvalue weighted by Gasteiger charge is 2.25. The van der Waals surface area contributed by atoms with Gasteiger partial charge in [-0.2, -0.15) is 0 Å². The number of methoxy groups -OCH3 is 1. The molecule has 0 aliphatic carbocycles. The number of ether oxygens (including phenoxy) is 1. The van der Waals surface area contributed by atoms with Crippen LogP contribution in [0.3, 0.4) is 0 Å². The van der Waals surface area contributed by atoms with E-state index in [0.717, 1.165) is 54.2 Å². The van der Waals surface area contributed by atoms with E-state index in [1.54, 1.807) is 19.3 Å². The third kappa shape index (κ3) is 3.80. The molecule has 3 heterocycles. The molecule has 4 rings (SSSR count). The Balaban J connectivity index is 1.59. The molecule has 1 fully saturated rings. The number of amides is 1. The van der Waals surface area contributed by atoms with Crippen molar-refractivity contribution in [2.75, 3.05) is 13.7 Å². The van der Waals surface area contributed by atoms with Crippen LogP contribution in [0, 0.1) is 0 Å². The summed E-state index contributed by atoms with van der Waals surface area (Å²) in [6.07, 6.45) is 9.55. The normalized spacial score (nSPS) is 17.9. The van der Waals surface area contributed by atoms with Crippen molar-refractivity contribution in [3.05, 3.63) is 58.3 Å². The highest BCUT2D eigenvalue weighted by atomic mass is 35.5. The van der Waals surface area contributed by atoms with Gasteiger partial charge in [0.15, 0.2) is 10.1 Å². The van der Waals surface area contributed by atoms with E-state index < -0.39 is 0 Å². The zero-order valence-corrected chi connectivity index (χ0v) is 17.2. The molecule has 3 aromatic rings. The number of fused-ring (bicyclic) bond motifs is 1.